The van der Waals surface area contributed by atoms with Gasteiger partial charge in [-0.3, -0.25) is 4.57 Å². The zero-order valence-corrected chi connectivity index (χ0v) is 13.7. The first kappa shape index (κ1) is 16.1. The molecule has 0 saturated carbocycles. The molecular weight excluding hydrogens is 306 g/mol. The Labute approximate surface area is 139 Å². The lowest BCUT2D eigenvalue weighted by Gasteiger charge is -2.10. The molecule has 5 nitrogen and oxygen atoms in total. The first-order valence-electron chi connectivity index (χ1n) is 7.88. The van der Waals surface area contributed by atoms with Gasteiger partial charge in [-0.2, -0.15) is 0 Å². The smallest absolute Gasteiger partial charge is 0.422 e. The molecule has 0 amide bonds. The van der Waals surface area contributed by atoms with Crippen LogP contribution in [0.4, 0.5) is 0 Å². The van der Waals surface area contributed by atoms with Crippen molar-refractivity contribution in [1.82, 2.24) is 4.57 Å². The highest BCUT2D eigenvalue weighted by Gasteiger charge is 2.09. The van der Waals surface area contributed by atoms with Crippen molar-refractivity contribution in [3.8, 4) is 5.75 Å². The van der Waals surface area contributed by atoms with Crippen LogP contribution < -0.4 is 16.1 Å². The van der Waals surface area contributed by atoms with Gasteiger partial charge in [0.15, 0.2) is 0 Å². The van der Waals surface area contributed by atoms with Crippen molar-refractivity contribution in [2.75, 3.05) is 6.61 Å². The fourth-order valence-corrected chi connectivity index (χ4v) is 2.67. The molecule has 3 aromatic rings. The third kappa shape index (κ3) is 3.40. The number of rotatable bonds is 5. The van der Waals surface area contributed by atoms with Crippen LogP contribution in [0.2, 0.25) is 0 Å². The molecule has 2 aromatic carbocycles. The average Bonchev–Trinajstić information content (AvgIpc) is 2.54. The molecule has 0 aliphatic heterocycles. The molecule has 0 saturated heterocycles. The second kappa shape index (κ2) is 6.74. The molecule has 24 heavy (non-hydrogen) atoms. The Balaban J connectivity index is 1.76. The van der Waals surface area contributed by atoms with E-state index >= 15 is 0 Å². The van der Waals surface area contributed by atoms with E-state index in [2.05, 4.69) is 0 Å². The third-order valence-corrected chi connectivity index (χ3v) is 3.85. The van der Waals surface area contributed by atoms with E-state index in [1.807, 2.05) is 44.2 Å². The minimum atomic E-state index is -0.632. The Hall–Kier alpha value is -2.82. The molecule has 0 spiro atoms. The van der Waals surface area contributed by atoms with Crippen LogP contribution in [-0.4, -0.2) is 11.2 Å². The van der Waals surface area contributed by atoms with Gasteiger partial charge in [-0.15, -0.1) is 0 Å². The van der Waals surface area contributed by atoms with Crippen molar-refractivity contribution in [3.05, 3.63) is 74.6 Å². The summed E-state index contributed by atoms with van der Waals surface area (Å²) in [7, 11) is 0. The Kier molecular flexibility index (Phi) is 4.51. The van der Waals surface area contributed by atoms with Gasteiger partial charge in [0.2, 0.25) is 0 Å². The molecule has 0 aliphatic carbocycles. The van der Waals surface area contributed by atoms with E-state index in [1.54, 1.807) is 12.1 Å². The summed E-state index contributed by atoms with van der Waals surface area (Å²) in [6.07, 6.45) is 0.630. The highest BCUT2D eigenvalue weighted by Crippen LogP contribution is 2.14. The summed E-state index contributed by atoms with van der Waals surface area (Å²) >= 11 is 0. The lowest BCUT2D eigenvalue weighted by atomic mass is 10.2. The van der Waals surface area contributed by atoms with E-state index in [1.165, 1.54) is 4.57 Å². The highest BCUT2D eigenvalue weighted by atomic mass is 16.5. The second-order valence-electron chi connectivity index (χ2n) is 5.85. The largest absolute Gasteiger partial charge is 0.494 e. The molecule has 0 bridgehead atoms. The molecule has 1 aromatic heterocycles. The average molecular weight is 325 g/mol. The molecular formula is C19H19NO4. The fourth-order valence-electron chi connectivity index (χ4n) is 2.67. The van der Waals surface area contributed by atoms with E-state index in [0.717, 1.165) is 16.9 Å². The standard InChI is InChI=1S/C19H19NO4/c1-13-5-3-6-15(11-13)23-10-4-9-20-17-8-7-14(2)12-16(17)18(21)24-19(20)22/h3,5-8,11-12H,4,9-10H2,1-2H3. The lowest BCUT2D eigenvalue weighted by Crippen LogP contribution is -2.25. The molecule has 0 aliphatic rings. The molecule has 0 atom stereocenters. The molecule has 0 N–H and O–H groups in total. The number of benzene rings is 2. The number of aromatic nitrogens is 1. The van der Waals surface area contributed by atoms with Gasteiger partial charge in [0.25, 0.3) is 0 Å². The van der Waals surface area contributed by atoms with Crippen molar-refractivity contribution in [2.24, 2.45) is 0 Å². The van der Waals surface area contributed by atoms with Crippen LogP contribution in [0.15, 0.2) is 56.5 Å². The Bertz CT molecular complexity index is 985. The Morgan fingerprint density at radius 2 is 1.83 bits per heavy atom. The van der Waals surface area contributed by atoms with E-state index in [9.17, 15) is 9.59 Å². The van der Waals surface area contributed by atoms with Crippen LogP contribution >= 0.6 is 0 Å². The van der Waals surface area contributed by atoms with E-state index < -0.39 is 11.4 Å². The molecule has 124 valence electrons. The second-order valence-corrected chi connectivity index (χ2v) is 5.85. The van der Waals surface area contributed by atoms with Gasteiger partial charge in [-0.05, 0) is 50.1 Å². The van der Waals surface area contributed by atoms with Gasteiger partial charge in [-0.1, -0.05) is 23.8 Å². The lowest BCUT2D eigenvalue weighted by molar-refractivity contribution is 0.296. The SMILES string of the molecule is Cc1cccc(OCCCn2c(=O)oc(=O)c3cc(C)ccc32)c1. The summed E-state index contributed by atoms with van der Waals surface area (Å²) in [6.45, 7) is 4.80. The molecule has 0 radical (unpaired) electrons. The molecule has 0 fully saturated rings. The predicted octanol–water partition coefficient (Wildman–Crippen LogP) is 3.04. The highest BCUT2D eigenvalue weighted by molar-refractivity contribution is 5.78. The van der Waals surface area contributed by atoms with Crippen molar-refractivity contribution < 1.29 is 9.15 Å². The Morgan fingerprint density at radius 1 is 1.04 bits per heavy atom. The number of fused-ring (bicyclic) bond motifs is 1. The van der Waals surface area contributed by atoms with Crippen molar-refractivity contribution in [3.63, 3.8) is 0 Å². The van der Waals surface area contributed by atoms with Crippen molar-refractivity contribution in [1.29, 1.82) is 0 Å². The van der Waals surface area contributed by atoms with Gasteiger partial charge in [0.05, 0.1) is 17.5 Å². The van der Waals surface area contributed by atoms with Gasteiger partial charge in [-0.25, -0.2) is 9.59 Å². The van der Waals surface area contributed by atoms with Crippen LogP contribution in [0.5, 0.6) is 5.75 Å². The number of nitrogens with zero attached hydrogens (tertiary/aromatic N) is 1. The predicted molar refractivity (Wildman–Crippen MR) is 92.8 cm³/mol. The van der Waals surface area contributed by atoms with Gasteiger partial charge in [0.1, 0.15) is 5.75 Å². The molecule has 1 heterocycles. The number of hydrogen-bond acceptors (Lipinski definition) is 4. The zero-order chi connectivity index (χ0) is 17.1. The summed E-state index contributed by atoms with van der Waals surface area (Å²) < 4.78 is 12.0. The first-order chi connectivity index (χ1) is 11.5. The van der Waals surface area contributed by atoms with Gasteiger partial charge < -0.3 is 9.15 Å². The summed E-state index contributed by atoms with van der Waals surface area (Å²) in [4.78, 5) is 23.8. The minimum absolute atomic E-state index is 0.425. The minimum Gasteiger partial charge on any atom is -0.494 e. The normalized spacial score (nSPS) is 10.9. The van der Waals surface area contributed by atoms with Crippen molar-refractivity contribution in [2.45, 2.75) is 26.8 Å². The van der Waals surface area contributed by atoms with E-state index in [4.69, 9.17) is 9.15 Å². The molecule has 5 heteroatoms. The zero-order valence-electron chi connectivity index (χ0n) is 13.7. The third-order valence-electron chi connectivity index (χ3n) is 3.85. The quantitative estimate of drug-likeness (QED) is 0.677. The topological polar surface area (TPSA) is 61.4 Å². The van der Waals surface area contributed by atoms with Crippen LogP contribution in [0.25, 0.3) is 10.9 Å². The maximum Gasteiger partial charge on any atom is 0.422 e. The maximum absolute atomic E-state index is 12.0. The summed E-state index contributed by atoms with van der Waals surface area (Å²) in [6, 6.07) is 13.2. The molecule has 0 unspecified atom stereocenters. The van der Waals surface area contributed by atoms with E-state index in [0.29, 0.717) is 30.5 Å². The van der Waals surface area contributed by atoms with Crippen LogP contribution in [0.3, 0.4) is 0 Å². The van der Waals surface area contributed by atoms with Crippen LogP contribution in [-0.2, 0) is 6.54 Å². The maximum atomic E-state index is 12.0. The van der Waals surface area contributed by atoms with Gasteiger partial charge in [0, 0.05) is 6.54 Å². The van der Waals surface area contributed by atoms with Crippen LogP contribution in [0.1, 0.15) is 17.5 Å². The number of hydrogen-bond donors (Lipinski definition) is 0. The first-order valence-corrected chi connectivity index (χ1v) is 7.88. The molecule has 3 rings (SSSR count). The summed E-state index contributed by atoms with van der Waals surface area (Å²) in [5, 5.41) is 0.425. The summed E-state index contributed by atoms with van der Waals surface area (Å²) in [5.41, 5.74) is 2.08. The number of ether oxygens (including phenoxy) is 1. The Morgan fingerprint density at radius 3 is 2.62 bits per heavy atom. The van der Waals surface area contributed by atoms with Gasteiger partial charge >= 0.3 is 11.4 Å². The number of aryl methyl sites for hydroxylation is 3. The van der Waals surface area contributed by atoms with E-state index in [-0.39, 0.29) is 0 Å². The summed E-state index contributed by atoms with van der Waals surface area (Å²) in [5.74, 6) is 0.175. The fraction of sp³-hybridized carbons (Fsp3) is 0.263. The van der Waals surface area contributed by atoms with Crippen molar-refractivity contribution >= 4 is 10.9 Å². The van der Waals surface area contributed by atoms with Crippen LogP contribution in [0, 0.1) is 13.8 Å². The monoisotopic (exact) mass is 325 g/mol.